The smallest absolute Gasteiger partial charge is 0.333 e. The molecule has 0 radical (unpaired) electrons. The first-order chi connectivity index (χ1) is 19.3. The van der Waals surface area contributed by atoms with Gasteiger partial charge in [-0.3, -0.25) is 23.7 Å². The molecule has 208 valence electrons. The molecular weight excluding hydrogens is 532 g/mol. The minimum absolute atomic E-state index is 0.0465. The second-order valence-electron chi connectivity index (χ2n) is 10.0. The van der Waals surface area contributed by atoms with E-state index in [9.17, 15) is 14.4 Å². The maximum absolute atomic E-state index is 13.8. The van der Waals surface area contributed by atoms with E-state index in [4.69, 9.17) is 16.3 Å². The molecule has 2 amide bonds. The van der Waals surface area contributed by atoms with Crippen LogP contribution in [0.2, 0.25) is 5.02 Å². The van der Waals surface area contributed by atoms with Gasteiger partial charge in [-0.05, 0) is 68.9 Å². The summed E-state index contributed by atoms with van der Waals surface area (Å²) in [6, 6.07) is 10.6. The summed E-state index contributed by atoms with van der Waals surface area (Å²) >= 11 is 6.04. The number of ether oxygens (including phenoxy) is 1. The predicted molar refractivity (Wildman–Crippen MR) is 152 cm³/mol. The number of nitrogens with zero attached hydrogens (tertiary/aromatic N) is 4. The molecule has 5 rings (SSSR count). The van der Waals surface area contributed by atoms with Crippen LogP contribution in [0.5, 0.6) is 5.75 Å². The standard InChI is InChI=1S/C29H31ClN6O4/c1-17-23(12-19(30)14-32-17)27(37)34-20-6-4-18(5-7-20)16-35-26-13-22(40-3)9-11-25(26)36(29(35)39)21-8-10-24(33-15-21)28(38)31-2/h8-15,18,20H,4-7,16H2,1-3H3,(H,31,38)(H,34,37). The molecule has 3 heterocycles. The third-order valence-electron chi connectivity index (χ3n) is 7.52. The summed E-state index contributed by atoms with van der Waals surface area (Å²) < 4.78 is 8.85. The van der Waals surface area contributed by atoms with Crippen molar-refractivity contribution in [3.63, 3.8) is 0 Å². The zero-order chi connectivity index (χ0) is 28.4. The minimum atomic E-state index is -0.294. The Hall–Kier alpha value is -4.18. The minimum Gasteiger partial charge on any atom is -0.497 e. The van der Waals surface area contributed by atoms with E-state index in [-0.39, 0.29) is 35.2 Å². The summed E-state index contributed by atoms with van der Waals surface area (Å²) in [5.74, 6) is 0.457. The van der Waals surface area contributed by atoms with Gasteiger partial charge in [0.05, 0.1) is 46.3 Å². The highest BCUT2D eigenvalue weighted by Crippen LogP contribution is 2.29. The van der Waals surface area contributed by atoms with Gasteiger partial charge >= 0.3 is 5.69 Å². The van der Waals surface area contributed by atoms with Crippen LogP contribution in [0.3, 0.4) is 0 Å². The molecule has 1 aromatic carbocycles. The third kappa shape index (κ3) is 5.44. The predicted octanol–water partition coefficient (Wildman–Crippen LogP) is 3.90. The van der Waals surface area contributed by atoms with Gasteiger partial charge in [-0.25, -0.2) is 9.78 Å². The van der Waals surface area contributed by atoms with E-state index in [1.165, 1.54) is 12.4 Å². The van der Waals surface area contributed by atoms with Crippen molar-refractivity contribution in [2.24, 2.45) is 5.92 Å². The molecule has 10 nitrogen and oxygen atoms in total. The van der Waals surface area contributed by atoms with Gasteiger partial charge in [-0.1, -0.05) is 11.6 Å². The molecule has 4 aromatic rings. The Morgan fingerprint density at radius 2 is 1.80 bits per heavy atom. The van der Waals surface area contributed by atoms with E-state index in [1.54, 1.807) is 48.4 Å². The molecule has 3 aromatic heterocycles. The number of methoxy groups -OCH3 is 1. The molecule has 1 fully saturated rings. The zero-order valence-electron chi connectivity index (χ0n) is 22.6. The molecule has 0 bridgehead atoms. The molecule has 1 aliphatic carbocycles. The molecule has 2 N–H and O–H groups in total. The van der Waals surface area contributed by atoms with Crippen molar-refractivity contribution in [2.75, 3.05) is 14.2 Å². The fourth-order valence-corrected chi connectivity index (χ4v) is 5.48. The lowest BCUT2D eigenvalue weighted by Crippen LogP contribution is -2.39. The van der Waals surface area contributed by atoms with Crippen molar-refractivity contribution >= 4 is 34.4 Å². The Kier molecular flexibility index (Phi) is 7.88. The fraction of sp³-hybridized carbons (Fsp3) is 0.345. The van der Waals surface area contributed by atoms with E-state index >= 15 is 0 Å². The first kappa shape index (κ1) is 27.4. The van der Waals surface area contributed by atoms with Gasteiger partial charge < -0.3 is 15.4 Å². The van der Waals surface area contributed by atoms with Gasteiger partial charge in [0.15, 0.2) is 0 Å². The van der Waals surface area contributed by atoms with Gasteiger partial charge in [0, 0.05) is 31.9 Å². The maximum atomic E-state index is 13.8. The number of imidazole rings is 1. The molecule has 0 saturated heterocycles. The number of benzene rings is 1. The van der Waals surface area contributed by atoms with Crippen molar-refractivity contribution in [3.8, 4) is 11.4 Å². The van der Waals surface area contributed by atoms with Crippen LogP contribution in [0.25, 0.3) is 16.7 Å². The van der Waals surface area contributed by atoms with E-state index in [0.29, 0.717) is 34.3 Å². The van der Waals surface area contributed by atoms with Crippen LogP contribution in [0.15, 0.2) is 53.6 Å². The van der Waals surface area contributed by atoms with Crippen LogP contribution < -0.4 is 21.1 Å². The summed E-state index contributed by atoms with van der Waals surface area (Å²) in [5, 5.41) is 6.10. The summed E-state index contributed by atoms with van der Waals surface area (Å²) in [6.45, 7) is 2.33. The van der Waals surface area contributed by atoms with Gasteiger partial charge in [-0.2, -0.15) is 0 Å². The lowest BCUT2D eigenvalue weighted by atomic mass is 9.85. The van der Waals surface area contributed by atoms with Gasteiger partial charge in [0.25, 0.3) is 11.8 Å². The maximum Gasteiger partial charge on any atom is 0.333 e. The second kappa shape index (κ2) is 11.5. The number of carbonyl (C=O) groups excluding carboxylic acids is 2. The first-order valence-electron chi connectivity index (χ1n) is 13.2. The van der Waals surface area contributed by atoms with Crippen LogP contribution in [0, 0.1) is 12.8 Å². The summed E-state index contributed by atoms with van der Waals surface area (Å²) in [5.41, 5.74) is 3.28. The average Bonchev–Trinajstić information content (AvgIpc) is 3.24. The number of hydrogen-bond donors (Lipinski definition) is 2. The monoisotopic (exact) mass is 562 g/mol. The van der Waals surface area contributed by atoms with Crippen LogP contribution in [-0.2, 0) is 6.54 Å². The lowest BCUT2D eigenvalue weighted by molar-refractivity contribution is 0.0917. The quantitative estimate of drug-likeness (QED) is 0.352. The normalized spacial score (nSPS) is 17.0. The molecule has 11 heteroatoms. The van der Waals surface area contributed by atoms with Crippen molar-refractivity contribution in [3.05, 3.63) is 81.3 Å². The third-order valence-corrected chi connectivity index (χ3v) is 7.73. The van der Waals surface area contributed by atoms with E-state index in [2.05, 4.69) is 20.6 Å². The number of pyridine rings is 2. The Balaban J connectivity index is 1.35. The summed E-state index contributed by atoms with van der Waals surface area (Å²) in [4.78, 5) is 46.9. The van der Waals surface area contributed by atoms with Crippen molar-refractivity contribution in [2.45, 2.75) is 45.2 Å². The molecule has 0 atom stereocenters. The van der Waals surface area contributed by atoms with E-state index in [0.717, 1.165) is 36.7 Å². The Labute approximate surface area is 236 Å². The number of halogens is 1. The van der Waals surface area contributed by atoms with Crippen LogP contribution >= 0.6 is 11.6 Å². The number of aryl methyl sites for hydroxylation is 1. The second-order valence-corrected chi connectivity index (χ2v) is 10.5. The van der Waals surface area contributed by atoms with Crippen molar-refractivity contribution < 1.29 is 14.3 Å². The number of rotatable bonds is 7. The Bertz CT molecular complexity index is 1620. The Morgan fingerprint density at radius 3 is 2.48 bits per heavy atom. The summed E-state index contributed by atoms with van der Waals surface area (Å²) in [7, 11) is 3.14. The van der Waals surface area contributed by atoms with Gasteiger partial charge in [0.2, 0.25) is 0 Å². The molecule has 1 saturated carbocycles. The van der Waals surface area contributed by atoms with Crippen molar-refractivity contribution in [1.29, 1.82) is 0 Å². The number of aromatic nitrogens is 4. The number of fused-ring (bicyclic) bond motifs is 1. The van der Waals surface area contributed by atoms with E-state index < -0.39 is 0 Å². The largest absolute Gasteiger partial charge is 0.497 e. The SMILES string of the molecule is CNC(=O)c1ccc(-n2c(=O)n(CC3CCC(NC(=O)c4cc(Cl)cnc4C)CC3)c3cc(OC)ccc32)cn1. The number of hydrogen-bond acceptors (Lipinski definition) is 6. The highest BCUT2D eigenvalue weighted by Gasteiger charge is 2.26. The topological polar surface area (TPSA) is 120 Å². The molecule has 1 aliphatic rings. The van der Waals surface area contributed by atoms with E-state index in [1.807, 2.05) is 18.2 Å². The highest BCUT2D eigenvalue weighted by molar-refractivity contribution is 6.30. The molecule has 0 unspecified atom stereocenters. The van der Waals surface area contributed by atoms with Crippen LogP contribution in [0.4, 0.5) is 0 Å². The molecular formula is C29H31ClN6O4. The van der Waals surface area contributed by atoms with Gasteiger partial charge in [-0.15, -0.1) is 0 Å². The molecule has 40 heavy (non-hydrogen) atoms. The lowest BCUT2D eigenvalue weighted by Gasteiger charge is -2.29. The average molecular weight is 563 g/mol. The van der Waals surface area contributed by atoms with Crippen LogP contribution in [-0.4, -0.2) is 51.1 Å². The Morgan fingerprint density at radius 1 is 1.02 bits per heavy atom. The number of amides is 2. The molecule has 0 aliphatic heterocycles. The number of nitrogens with one attached hydrogen (secondary N) is 2. The molecule has 0 spiro atoms. The van der Waals surface area contributed by atoms with Gasteiger partial charge in [0.1, 0.15) is 11.4 Å². The first-order valence-corrected chi connectivity index (χ1v) is 13.6. The highest BCUT2D eigenvalue weighted by atomic mass is 35.5. The fourth-order valence-electron chi connectivity index (χ4n) is 5.32. The summed E-state index contributed by atoms with van der Waals surface area (Å²) in [6.07, 6.45) is 6.41. The number of carbonyl (C=O) groups is 2. The zero-order valence-corrected chi connectivity index (χ0v) is 23.4. The van der Waals surface area contributed by atoms with Crippen LogP contribution in [0.1, 0.15) is 52.2 Å². The van der Waals surface area contributed by atoms with Crippen molar-refractivity contribution in [1.82, 2.24) is 29.7 Å².